The molecule has 0 N–H and O–H groups in total. The highest BCUT2D eigenvalue weighted by atomic mass is 16.4. The number of fused-ring (bicyclic) bond motifs is 3. The van der Waals surface area contributed by atoms with Gasteiger partial charge in [-0.3, -0.25) is 4.85 Å². The van der Waals surface area contributed by atoms with Crippen molar-refractivity contribution in [3.8, 4) is 53.1 Å². The van der Waals surface area contributed by atoms with Crippen molar-refractivity contribution in [3.05, 3.63) is 93.4 Å². The number of benzene rings is 3. The van der Waals surface area contributed by atoms with Crippen LogP contribution in [0.5, 0.6) is 0 Å². The molecule has 0 aliphatic heterocycles. The van der Waals surface area contributed by atoms with Gasteiger partial charge in [-0.2, -0.15) is 15.8 Å². The van der Waals surface area contributed by atoms with Gasteiger partial charge in [0.1, 0.15) is 45.7 Å². The third-order valence-corrected chi connectivity index (χ3v) is 6.60. The molecule has 45 heavy (non-hydrogen) atoms. The van der Waals surface area contributed by atoms with E-state index < -0.39 is 0 Å². The molecule has 14 heteroatoms. The van der Waals surface area contributed by atoms with Gasteiger partial charge in [0, 0.05) is 12.1 Å². The molecule has 0 spiro atoms. The van der Waals surface area contributed by atoms with E-state index in [1.165, 1.54) is 42.5 Å². The van der Waals surface area contributed by atoms with Gasteiger partial charge in [-0.15, -0.1) is 0 Å². The van der Waals surface area contributed by atoms with E-state index >= 15 is 0 Å². The zero-order valence-electron chi connectivity index (χ0n) is 22.2. The van der Waals surface area contributed by atoms with Crippen molar-refractivity contribution in [2.75, 3.05) is 0 Å². The van der Waals surface area contributed by atoms with E-state index in [0.717, 1.165) is 0 Å². The SMILES string of the molecule is [C-]#[N+]c1cc2oc(-c3nc(-c4nc5cc(C#N)c(C#N)cc5o4)cc(-c4nc5cc([N+]#[C-])c([N+]#[C-])cc5o4)n3)nc2cc1C#N. The summed E-state index contributed by atoms with van der Waals surface area (Å²) in [6, 6.07) is 15.9. The average Bonchev–Trinajstić information content (AvgIpc) is 3.81. The maximum absolute atomic E-state index is 9.43. The summed E-state index contributed by atoms with van der Waals surface area (Å²) >= 11 is 0. The lowest BCUT2D eigenvalue weighted by molar-refractivity contribution is 0.604. The van der Waals surface area contributed by atoms with Gasteiger partial charge in [0.05, 0.1) is 48.0 Å². The fourth-order valence-electron chi connectivity index (χ4n) is 4.51. The molecule has 0 atom stereocenters. The first-order valence-electron chi connectivity index (χ1n) is 12.5. The number of rotatable bonds is 3. The van der Waals surface area contributed by atoms with Crippen molar-refractivity contribution in [2.45, 2.75) is 0 Å². The van der Waals surface area contributed by atoms with E-state index in [9.17, 15) is 15.8 Å². The average molecular weight is 581 g/mol. The monoisotopic (exact) mass is 581 g/mol. The molecule has 7 rings (SSSR count). The van der Waals surface area contributed by atoms with Crippen LogP contribution in [0, 0.1) is 53.7 Å². The minimum atomic E-state index is -0.0598. The van der Waals surface area contributed by atoms with E-state index in [1.807, 2.05) is 18.2 Å². The normalized spacial score (nSPS) is 10.5. The van der Waals surface area contributed by atoms with Crippen LogP contribution in [0.2, 0.25) is 0 Å². The Hall–Kier alpha value is -7.91. The molecular weight excluding hydrogens is 574 g/mol. The first-order valence-corrected chi connectivity index (χ1v) is 12.5. The van der Waals surface area contributed by atoms with Crippen molar-refractivity contribution in [2.24, 2.45) is 0 Å². The van der Waals surface area contributed by atoms with Crippen LogP contribution in [0.1, 0.15) is 16.7 Å². The summed E-state index contributed by atoms with van der Waals surface area (Å²) in [5, 5.41) is 28.3. The number of oxazole rings is 3. The molecule has 7 aromatic rings. The topological polar surface area (TPSA) is 188 Å². The summed E-state index contributed by atoms with van der Waals surface area (Å²) in [4.78, 5) is 32.6. The van der Waals surface area contributed by atoms with E-state index in [2.05, 4.69) is 39.5 Å². The van der Waals surface area contributed by atoms with Crippen LogP contribution in [0.15, 0.2) is 55.7 Å². The van der Waals surface area contributed by atoms with Gasteiger partial charge in [0.15, 0.2) is 17.0 Å². The predicted molar refractivity (Wildman–Crippen MR) is 154 cm³/mol. The summed E-state index contributed by atoms with van der Waals surface area (Å²) in [5.74, 6) is -0.0878. The zero-order valence-corrected chi connectivity index (χ0v) is 22.2. The van der Waals surface area contributed by atoms with Gasteiger partial charge < -0.3 is 13.3 Å². The number of hydrogen-bond donors (Lipinski definition) is 0. The maximum atomic E-state index is 9.43. The number of nitrogens with zero attached hydrogens (tertiary/aromatic N) is 11. The van der Waals surface area contributed by atoms with E-state index in [0.29, 0.717) is 16.6 Å². The molecule has 0 aliphatic carbocycles. The summed E-state index contributed by atoms with van der Waals surface area (Å²) < 4.78 is 17.7. The van der Waals surface area contributed by atoms with Crippen LogP contribution in [0.3, 0.4) is 0 Å². The van der Waals surface area contributed by atoms with Crippen LogP contribution in [-0.4, -0.2) is 24.9 Å². The van der Waals surface area contributed by atoms with E-state index in [-0.39, 0.29) is 85.4 Å². The van der Waals surface area contributed by atoms with Gasteiger partial charge in [0.25, 0.3) is 5.89 Å². The van der Waals surface area contributed by atoms with Gasteiger partial charge in [0.2, 0.25) is 23.3 Å². The minimum Gasteiger partial charge on any atom is -0.436 e. The summed E-state index contributed by atoms with van der Waals surface area (Å²) in [5.41, 5.74) is 2.56. The molecule has 0 fully saturated rings. The Morgan fingerprint density at radius 3 is 1.51 bits per heavy atom. The third-order valence-electron chi connectivity index (χ3n) is 6.60. The lowest BCUT2D eigenvalue weighted by atomic mass is 10.1. The highest BCUT2D eigenvalue weighted by Crippen LogP contribution is 2.37. The standard InChI is InChI=1S/C31H7N11O3/c1-35-17-9-26-21(5-16(17)13-34)42-31(45-26)28-38-23(29-40-20-4-14(11-32)15(12-33)6-25(20)43-29)8-24(39-28)30-41-22-7-18(36-2)19(37-3)10-27(22)44-30/h4-10H. The largest absolute Gasteiger partial charge is 0.436 e. The van der Waals surface area contributed by atoms with Crippen LogP contribution in [0.4, 0.5) is 17.1 Å². The van der Waals surface area contributed by atoms with Crippen LogP contribution in [0.25, 0.3) is 82.7 Å². The van der Waals surface area contributed by atoms with Crippen molar-refractivity contribution < 1.29 is 13.3 Å². The lowest BCUT2D eigenvalue weighted by Crippen LogP contribution is -1.96. The lowest BCUT2D eigenvalue weighted by Gasteiger charge is -2.02. The molecule has 4 aromatic heterocycles. The first-order chi connectivity index (χ1) is 21.9. The van der Waals surface area contributed by atoms with Crippen molar-refractivity contribution in [1.29, 1.82) is 15.8 Å². The third kappa shape index (κ3) is 4.19. The second kappa shape index (κ2) is 9.87. The summed E-state index contributed by atoms with van der Waals surface area (Å²) in [6.45, 7) is 22.1. The van der Waals surface area contributed by atoms with Crippen molar-refractivity contribution >= 4 is 50.4 Å². The predicted octanol–water partition coefficient (Wildman–Crippen LogP) is 7.17. The Morgan fingerprint density at radius 1 is 0.489 bits per heavy atom. The molecule has 0 amide bonds. The van der Waals surface area contributed by atoms with Crippen LogP contribution in [-0.2, 0) is 0 Å². The summed E-state index contributed by atoms with van der Waals surface area (Å²) in [6.07, 6.45) is 0. The fourth-order valence-corrected chi connectivity index (χ4v) is 4.51. The molecule has 0 saturated carbocycles. The molecule has 0 bridgehead atoms. The van der Waals surface area contributed by atoms with Gasteiger partial charge in [-0.1, -0.05) is 0 Å². The molecule has 3 aromatic carbocycles. The van der Waals surface area contributed by atoms with Crippen molar-refractivity contribution in [1.82, 2.24) is 24.9 Å². The smallest absolute Gasteiger partial charge is 0.266 e. The first kappa shape index (κ1) is 26.0. The number of aromatic nitrogens is 5. The van der Waals surface area contributed by atoms with E-state index in [1.54, 1.807) is 0 Å². The highest BCUT2D eigenvalue weighted by molar-refractivity contribution is 5.89. The fraction of sp³-hybridized carbons (Fsp3) is 0. The molecule has 0 unspecified atom stereocenters. The Bertz CT molecular complexity index is 2230. The molecular formula is C31H7N11O3. The van der Waals surface area contributed by atoms with Crippen LogP contribution >= 0.6 is 0 Å². The quantitative estimate of drug-likeness (QED) is 0.192. The maximum Gasteiger partial charge on any atom is 0.266 e. The van der Waals surface area contributed by atoms with Crippen LogP contribution < -0.4 is 0 Å². The summed E-state index contributed by atoms with van der Waals surface area (Å²) in [7, 11) is 0. The highest BCUT2D eigenvalue weighted by Gasteiger charge is 2.22. The zero-order chi connectivity index (χ0) is 31.2. The molecule has 4 heterocycles. The second-order valence-corrected chi connectivity index (χ2v) is 9.20. The number of nitriles is 3. The molecule has 14 nitrogen and oxygen atoms in total. The molecule has 204 valence electrons. The van der Waals surface area contributed by atoms with E-state index in [4.69, 9.17) is 33.0 Å². The van der Waals surface area contributed by atoms with Gasteiger partial charge in [-0.25, -0.2) is 34.6 Å². The Balaban J connectivity index is 1.45. The second-order valence-electron chi connectivity index (χ2n) is 9.20. The molecule has 0 aliphatic rings. The van der Waals surface area contributed by atoms with Gasteiger partial charge >= 0.3 is 0 Å². The molecule has 0 radical (unpaired) electrons. The number of hydrogen-bond acceptors (Lipinski definition) is 11. The minimum absolute atomic E-state index is 0.00810. The van der Waals surface area contributed by atoms with Crippen molar-refractivity contribution in [3.63, 3.8) is 0 Å². The molecule has 0 saturated heterocycles. The Morgan fingerprint density at radius 2 is 0.933 bits per heavy atom. The Kier molecular flexibility index (Phi) is 5.71. The van der Waals surface area contributed by atoms with Gasteiger partial charge in [-0.05, 0) is 30.3 Å². The Labute approximate surface area is 250 Å².